The summed E-state index contributed by atoms with van der Waals surface area (Å²) in [5.41, 5.74) is 0.0927. The van der Waals surface area contributed by atoms with Crippen LogP contribution in [0.1, 0.15) is 23.7 Å². The van der Waals surface area contributed by atoms with E-state index in [1.165, 1.54) is 12.1 Å². The minimum absolute atomic E-state index is 0.00814. The maximum absolute atomic E-state index is 12.3. The lowest BCUT2D eigenvalue weighted by molar-refractivity contribution is 0.0144. The van der Waals surface area contributed by atoms with Crippen molar-refractivity contribution in [2.24, 2.45) is 0 Å². The number of carboxylic acids is 1. The number of anilines is 1. The van der Waals surface area contributed by atoms with Crippen molar-refractivity contribution in [3.05, 3.63) is 28.8 Å². The van der Waals surface area contributed by atoms with E-state index in [9.17, 15) is 14.7 Å². The van der Waals surface area contributed by atoms with Crippen molar-refractivity contribution in [2.45, 2.75) is 19.4 Å². The van der Waals surface area contributed by atoms with Crippen LogP contribution in [0.3, 0.4) is 0 Å². The van der Waals surface area contributed by atoms with Gasteiger partial charge in [0, 0.05) is 6.54 Å². The minimum Gasteiger partial charge on any atom is -0.478 e. The predicted molar refractivity (Wildman–Crippen MR) is 79.0 cm³/mol. The molecule has 7 heteroatoms. The fourth-order valence-electron chi connectivity index (χ4n) is 2.29. The first-order valence-electron chi connectivity index (χ1n) is 6.71. The van der Waals surface area contributed by atoms with Crippen molar-refractivity contribution >= 4 is 29.3 Å². The van der Waals surface area contributed by atoms with Crippen LogP contribution in [0.25, 0.3) is 0 Å². The van der Waals surface area contributed by atoms with Gasteiger partial charge in [-0.3, -0.25) is 0 Å². The summed E-state index contributed by atoms with van der Waals surface area (Å²) in [6.45, 7) is 3.42. The van der Waals surface area contributed by atoms with E-state index in [1.54, 1.807) is 11.0 Å². The average molecular weight is 313 g/mol. The number of carboxylic acid groups (broad SMARTS) is 1. The van der Waals surface area contributed by atoms with Crippen molar-refractivity contribution in [1.29, 1.82) is 0 Å². The zero-order valence-corrected chi connectivity index (χ0v) is 12.4. The Morgan fingerprint density at radius 2 is 2.29 bits per heavy atom. The van der Waals surface area contributed by atoms with Gasteiger partial charge in [0.1, 0.15) is 5.56 Å². The Hall–Kier alpha value is -1.79. The molecule has 0 radical (unpaired) electrons. The Morgan fingerprint density at radius 3 is 2.95 bits per heavy atom. The van der Waals surface area contributed by atoms with Gasteiger partial charge in [-0.05, 0) is 18.6 Å². The molecule has 0 bridgehead atoms. The number of nitrogens with one attached hydrogen (secondary N) is 1. The lowest BCUT2D eigenvalue weighted by Gasteiger charge is -2.35. The van der Waals surface area contributed by atoms with Crippen molar-refractivity contribution in [3.8, 4) is 0 Å². The maximum Gasteiger partial charge on any atom is 0.339 e. The third kappa shape index (κ3) is 3.46. The zero-order chi connectivity index (χ0) is 15.4. The Morgan fingerprint density at radius 1 is 1.52 bits per heavy atom. The van der Waals surface area contributed by atoms with E-state index in [2.05, 4.69) is 5.32 Å². The molecule has 1 atom stereocenters. The molecule has 0 saturated carbocycles. The number of morpholine rings is 1. The highest BCUT2D eigenvalue weighted by Crippen LogP contribution is 2.25. The molecule has 1 fully saturated rings. The molecule has 1 unspecified atom stereocenters. The molecule has 1 aromatic rings. The SMILES string of the molecule is CCC1COCCN1C(=O)Nc1cccc(Cl)c1C(=O)O. The summed E-state index contributed by atoms with van der Waals surface area (Å²) < 4.78 is 5.35. The molecule has 1 aromatic carbocycles. The molecule has 2 amide bonds. The van der Waals surface area contributed by atoms with Gasteiger partial charge in [-0.25, -0.2) is 9.59 Å². The Bertz CT molecular complexity index is 550. The number of halogens is 1. The number of amides is 2. The molecular formula is C14H17ClN2O4. The van der Waals surface area contributed by atoms with E-state index in [4.69, 9.17) is 16.3 Å². The highest BCUT2D eigenvalue weighted by atomic mass is 35.5. The second kappa shape index (κ2) is 6.78. The second-order valence-electron chi connectivity index (χ2n) is 4.73. The number of hydrogen-bond donors (Lipinski definition) is 2. The van der Waals surface area contributed by atoms with E-state index in [0.717, 1.165) is 6.42 Å². The summed E-state index contributed by atoms with van der Waals surface area (Å²) in [4.78, 5) is 25.3. The lowest BCUT2D eigenvalue weighted by atomic mass is 10.1. The molecule has 1 aliphatic rings. The zero-order valence-electron chi connectivity index (χ0n) is 11.6. The maximum atomic E-state index is 12.3. The second-order valence-corrected chi connectivity index (χ2v) is 5.14. The van der Waals surface area contributed by atoms with Gasteiger partial charge in [0.25, 0.3) is 0 Å². The number of benzene rings is 1. The van der Waals surface area contributed by atoms with Crippen LogP contribution in [-0.2, 0) is 4.74 Å². The van der Waals surface area contributed by atoms with Crippen LogP contribution in [0.15, 0.2) is 18.2 Å². The van der Waals surface area contributed by atoms with Gasteiger partial charge in [-0.2, -0.15) is 0 Å². The van der Waals surface area contributed by atoms with Gasteiger partial charge in [0.2, 0.25) is 0 Å². The molecule has 0 aliphatic carbocycles. The summed E-state index contributed by atoms with van der Waals surface area (Å²) in [5, 5.41) is 11.9. The number of rotatable bonds is 3. The number of nitrogens with zero attached hydrogens (tertiary/aromatic N) is 1. The largest absolute Gasteiger partial charge is 0.478 e. The third-order valence-corrected chi connectivity index (χ3v) is 3.74. The Labute approximate surface area is 127 Å². The first kappa shape index (κ1) is 15.6. The fraction of sp³-hybridized carbons (Fsp3) is 0.429. The van der Waals surface area contributed by atoms with Crippen LogP contribution in [0, 0.1) is 0 Å². The van der Waals surface area contributed by atoms with Gasteiger partial charge in [0.05, 0.1) is 30.0 Å². The van der Waals surface area contributed by atoms with Gasteiger partial charge in [-0.1, -0.05) is 24.6 Å². The van der Waals surface area contributed by atoms with Crippen LogP contribution < -0.4 is 5.32 Å². The lowest BCUT2D eigenvalue weighted by Crippen LogP contribution is -2.50. The van der Waals surface area contributed by atoms with Crippen molar-refractivity contribution in [3.63, 3.8) is 0 Å². The molecule has 2 rings (SSSR count). The van der Waals surface area contributed by atoms with Crippen molar-refractivity contribution in [1.82, 2.24) is 4.90 Å². The minimum atomic E-state index is -1.18. The summed E-state index contributed by atoms with van der Waals surface area (Å²) >= 11 is 5.88. The van der Waals surface area contributed by atoms with E-state index in [-0.39, 0.29) is 28.3 Å². The van der Waals surface area contributed by atoms with Crippen LogP contribution in [0.5, 0.6) is 0 Å². The van der Waals surface area contributed by atoms with E-state index >= 15 is 0 Å². The number of ether oxygens (including phenoxy) is 1. The predicted octanol–water partition coefficient (Wildman–Crippen LogP) is 2.68. The molecule has 0 spiro atoms. The van der Waals surface area contributed by atoms with Gasteiger partial charge in [-0.15, -0.1) is 0 Å². The highest BCUT2D eigenvalue weighted by molar-refractivity contribution is 6.34. The van der Waals surface area contributed by atoms with Crippen LogP contribution >= 0.6 is 11.6 Å². The molecule has 6 nitrogen and oxygen atoms in total. The number of aromatic carboxylic acids is 1. The van der Waals surface area contributed by atoms with Crippen LogP contribution in [0.2, 0.25) is 5.02 Å². The topological polar surface area (TPSA) is 78.9 Å². The average Bonchev–Trinajstić information content (AvgIpc) is 2.46. The van der Waals surface area contributed by atoms with Gasteiger partial charge in [0.15, 0.2) is 0 Å². The molecule has 21 heavy (non-hydrogen) atoms. The van der Waals surface area contributed by atoms with E-state index in [1.807, 2.05) is 6.92 Å². The quantitative estimate of drug-likeness (QED) is 0.899. The van der Waals surface area contributed by atoms with Crippen molar-refractivity contribution in [2.75, 3.05) is 25.1 Å². The number of urea groups is 1. The number of carbonyl (C=O) groups excluding carboxylic acids is 1. The summed E-state index contributed by atoms with van der Waals surface area (Å²) in [7, 11) is 0. The molecule has 0 aromatic heterocycles. The van der Waals surface area contributed by atoms with Gasteiger partial charge >= 0.3 is 12.0 Å². The highest BCUT2D eigenvalue weighted by Gasteiger charge is 2.27. The molecule has 1 heterocycles. The molecule has 114 valence electrons. The molecule has 1 aliphatic heterocycles. The fourth-order valence-corrected chi connectivity index (χ4v) is 2.55. The standard InChI is InChI=1S/C14H17ClN2O4/c1-2-9-8-21-7-6-17(9)14(20)16-11-5-3-4-10(15)12(11)13(18)19/h3-5,9H,2,6-8H2,1H3,(H,16,20)(H,18,19). The van der Waals surface area contributed by atoms with Crippen LogP contribution in [0.4, 0.5) is 10.5 Å². The monoisotopic (exact) mass is 312 g/mol. The number of hydrogen-bond acceptors (Lipinski definition) is 3. The van der Waals surface area contributed by atoms with Crippen molar-refractivity contribution < 1.29 is 19.4 Å². The first-order valence-corrected chi connectivity index (χ1v) is 7.09. The van der Waals surface area contributed by atoms with Crippen LogP contribution in [-0.4, -0.2) is 47.8 Å². The third-order valence-electron chi connectivity index (χ3n) is 3.43. The smallest absolute Gasteiger partial charge is 0.339 e. The molecule has 1 saturated heterocycles. The summed E-state index contributed by atoms with van der Waals surface area (Å²) in [5.74, 6) is -1.18. The van der Waals surface area contributed by atoms with E-state index < -0.39 is 5.97 Å². The summed E-state index contributed by atoms with van der Waals surface area (Å²) in [6, 6.07) is 4.25. The summed E-state index contributed by atoms with van der Waals surface area (Å²) in [6.07, 6.45) is 0.773. The molecule has 2 N–H and O–H groups in total. The Kier molecular flexibility index (Phi) is 5.03. The Balaban J connectivity index is 2.19. The van der Waals surface area contributed by atoms with Gasteiger partial charge < -0.3 is 20.1 Å². The number of carbonyl (C=O) groups is 2. The first-order chi connectivity index (χ1) is 10.0. The molecular weight excluding hydrogens is 296 g/mol. The normalized spacial score (nSPS) is 18.4. The van der Waals surface area contributed by atoms with E-state index in [0.29, 0.717) is 19.8 Å².